The second kappa shape index (κ2) is 6.38. The molecule has 0 spiro atoms. The first-order valence-electron chi connectivity index (χ1n) is 6.18. The lowest BCUT2D eigenvalue weighted by molar-refractivity contribution is 0.0942. The number of carbonyl (C=O) groups is 1. The summed E-state index contributed by atoms with van der Waals surface area (Å²) in [5.41, 5.74) is 0.588. The van der Waals surface area contributed by atoms with E-state index in [-0.39, 0.29) is 5.91 Å². The molecule has 0 aliphatic carbocycles. The van der Waals surface area contributed by atoms with Crippen LogP contribution in [0.15, 0.2) is 24.7 Å². The van der Waals surface area contributed by atoms with E-state index in [0.29, 0.717) is 23.8 Å². The molecule has 2 aromatic heterocycles. The van der Waals surface area contributed by atoms with Crippen molar-refractivity contribution in [2.24, 2.45) is 0 Å². The molecule has 2 heterocycles. The number of aromatic nitrogens is 4. The Morgan fingerprint density at radius 1 is 1.47 bits per heavy atom. The Kier molecular flexibility index (Phi) is 4.57. The number of aryl methyl sites for hydroxylation is 2. The molecular weight excluding hydrogens is 266 g/mol. The number of amides is 1. The zero-order valence-corrected chi connectivity index (χ0v) is 11.5. The molecule has 1 amide bonds. The minimum Gasteiger partial charge on any atom is -0.351 e. The molecule has 102 valence electrons. The van der Waals surface area contributed by atoms with Crippen LogP contribution in [0.25, 0.3) is 0 Å². The number of hydrogen-bond donors (Lipinski definition) is 1. The van der Waals surface area contributed by atoms with Crippen LogP contribution in [-0.2, 0) is 13.1 Å². The summed E-state index contributed by atoms with van der Waals surface area (Å²) in [7, 11) is 0. The zero-order valence-electron chi connectivity index (χ0n) is 10.7. The van der Waals surface area contributed by atoms with Crippen LogP contribution in [0.4, 0.5) is 0 Å². The monoisotopic (exact) mass is 281 g/mol. The lowest BCUT2D eigenvalue weighted by atomic mass is 10.3. The lowest BCUT2D eigenvalue weighted by Gasteiger charge is -2.06. The summed E-state index contributed by atoms with van der Waals surface area (Å²) in [5.74, 6) is -0.0992. The molecule has 19 heavy (non-hydrogen) atoms. The van der Waals surface area contributed by atoms with Crippen LogP contribution in [0.1, 0.15) is 23.8 Å². The lowest BCUT2D eigenvalue weighted by Crippen LogP contribution is -2.27. The van der Waals surface area contributed by atoms with E-state index < -0.39 is 0 Å². The van der Waals surface area contributed by atoms with E-state index in [9.17, 15) is 4.79 Å². The number of hydrogen-bond acceptors (Lipinski definition) is 3. The summed E-state index contributed by atoms with van der Waals surface area (Å²) in [6.45, 7) is 3.94. The van der Waals surface area contributed by atoms with Gasteiger partial charge in [0.2, 0.25) is 0 Å². The molecule has 0 bridgehead atoms. The Bertz CT molecular complexity index is 548. The van der Waals surface area contributed by atoms with E-state index in [2.05, 4.69) is 15.5 Å². The highest BCUT2D eigenvalue weighted by molar-refractivity contribution is 6.30. The molecule has 6 nitrogen and oxygen atoms in total. The first-order valence-corrected chi connectivity index (χ1v) is 6.56. The molecule has 2 aromatic rings. The number of nitrogens with zero attached hydrogens (tertiary/aromatic N) is 4. The van der Waals surface area contributed by atoms with Crippen molar-refractivity contribution >= 4 is 17.5 Å². The highest BCUT2D eigenvalue weighted by Crippen LogP contribution is 2.04. The summed E-state index contributed by atoms with van der Waals surface area (Å²) in [6.07, 6.45) is 5.78. The van der Waals surface area contributed by atoms with Crippen molar-refractivity contribution in [1.29, 1.82) is 0 Å². The molecule has 7 heteroatoms. The van der Waals surface area contributed by atoms with Crippen LogP contribution in [-0.4, -0.2) is 32.0 Å². The molecule has 0 saturated heterocycles. The summed E-state index contributed by atoms with van der Waals surface area (Å²) in [6, 6.07) is 1.71. The van der Waals surface area contributed by atoms with Gasteiger partial charge in [-0.3, -0.25) is 14.2 Å². The average Bonchev–Trinajstić information content (AvgIpc) is 3.02. The van der Waals surface area contributed by atoms with Gasteiger partial charge in [-0.15, -0.1) is 0 Å². The van der Waals surface area contributed by atoms with Gasteiger partial charge in [0.25, 0.3) is 5.91 Å². The van der Waals surface area contributed by atoms with Crippen molar-refractivity contribution in [3.63, 3.8) is 0 Å². The van der Waals surface area contributed by atoms with Crippen molar-refractivity contribution in [2.75, 3.05) is 6.54 Å². The molecule has 0 unspecified atom stereocenters. The smallest absolute Gasteiger partial charge is 0.269 e. The van der Waals surface area contributed by atoms with Gasteiger partial charge in [-0.05, 0) is 19.4 Å². The quantitative estimate of drug-likeness (QED) is 0.818. The number of nitrogens with one attached hydrogen (secondary N) is 1. The van der Waals surface area contributed by atoms with E-state index in [1.807, 2.05) is 6.92 Å². The second-order valence-corrected chi connectivity index (χ2v) is 4.50. The maximum absolute atomic E-state index is 11.9. The SMILES string of the molecule is CCn1nccc1C(=O)NCCCn1cc(Cl)cn1. The molecule has 0 aliphatic heterocycles. The zero-order chi connectivity index (χ0) is 13.7. The third kappa shape index (κ3) is 3.57. The van der Waals surface area contributed by atoms with Crippen LogP contribution in [0, 0.1) is 0 Å². The van der Waals surface area contributed by atoms with Gasteiger partial charge in [-0.25, -0.2) is 0 Å². The molecule has 1 N–H and O–H groups in total. The Morgan fingerprint density at radius 3 is 3.00 bits per heavy atom. The van der Waals surface area contributed by atoms with Gasteiger partial charge >= 0.3 is 0 Å². The van der Waals surface area contributed by atoms with Crippen molar-refractivity contribution in [3.8, 4) is 0 Å². The van der Waals surface area contributed by atoms with E-state index in [1.54, 1.807) is 34.0 Å². The molecule has 2 rings (SSSR count). The van der Waals surface area contributed by atoms with Crippen LogP contribution < -0.4 is 5.32 Å². The van der Waals surface area contributed by atoms with Crippen LogP contribution in [0.3, 0.4) is 0 Å². The minimum absolute atomic E-state index is 0.0992. The highest BCUT2D eigenvalue weighted by Gasteiger charge is 2.09. The first kappa shape index (κ1) is 13.6. The van der Waals surface area contributed by atoms with Gasteiger partial charge < -0.3 is 5.32 Å². The van der Waals surface area contributed by atoms with E-state index in [4.69, 9.17) is 11.6 Å². The molecule has 0 aliphatic rings. The van der Waals surface area contributed by atoms with Gasteiger partial charge in [-0.2, -0.15) is 10.2 Å². The summed E-state index contributed by atoms with van der Waals surface area (Å²) < 4.78 is 3.42. The number of rotatable bonds is 6. The average molecular weight is 282 g/mol. The predicted molar refractivity (Wildman–Crippen MR) is 72.1 cm³/mol. The topological polar surface area (TPSA) is 64.7 Å². The first-order chi connectivity index (χ1) is 9.20. The molecule has 0 aromatic carbocycles. The normalized spacial score (nSPS) is 10.6. The highest BCUT2D eigenvalue weighted by atomic mass is 35.5. The van der Waals surface area contributed by atoms with Crippen molar-refractivity contribution in [3.05, 3.63) is 35.4 Å². The van der Waals surface area contributed by atoms with Crippen molar-refractivity contribution in [2.45, 2.75) is 26.4 Å². The van der Waals surface area contributed by atoms with Crippen molar-refractivity contribution < 1.29 is 4.79 Å². The largest absolute Gasteiger partial charge is 0.351 e. The number of halogens is 1. The van der Waals surface area contributed by atoms with E-state index >= 15 is 0 Å². The van der Waals surface area contributed by atoms with Crippen molar-refractivity contribution in [1.82, 2.24) is 24.9 Å². The summed E-state index contributed by atoms with van der Waals surface area (Å²) >= 11 is 5.76. The van der Waals surface area contributed by atoms with E-state index in [0.717, 1.165) is 13.0 Å². The third-order valence-corrected chi connectivity index (χ3v) is 2.90. The molecule has 0 fully saturated rings. The molecule has 0 atom stereocenters. The molecular formula is C12H16ClN5O. The Labute approximate surface area is 116 Å². The van der Waals surface area contributed by atoms with Gasteiger partial charge in [0.05, 0.1) is 11.2 Å². The fourth-order valence-electron chi connectivity index (χ4n) is 1.77. The summed E-state index contributed by atoms with van der Waals surface area (Å²) in [4.78, 5) is 11.9. The fourth-order valence-corrected chi connectivity index (χ4v) is 1.93. The predicted octanol–water partition coefficient (Wildman–Crippen LogP) is 1.57. The summed E-state index contributed by atoms with van der Waals surface area (Å²) in [5, 5.41) is 11.6. The van der Waals surface area contributed by atoms with Crippen LogP contribution >= 0.6 is 11.6 Å². The number of carbonyl (C=O) groups excluding carboxylic acids is 1. The third-order valence-electron chi connectivity index (χ3n) is 2.70. The van der Waals surface area contributed by atoms with Gasteiger partial charge in [0.1, 0.15) is 5.69 Å². The maximum Gasteiger partial charge on any atom is 0.269 e. The van der Waals surface area contributed by atoms with Gasteiger partial charge in [0.15, 0.2) is 0 Å². The Balaban J connectivity index is 1.75. The van der Waals surface area contributed by atoms with Crippen LogP contribution in [0.2, 0.25) is 5.02 Å². The van der Waals surface area contributed by atoms with Gasteiger partial charge in [0, 0.05) is 32.0 Å². The van der Waals surface area contributed by atoms with E-state index in [1.165, 1.54) is 0 Å². The van der Waals surface area contributed by atoms with Gasteiger partial charge in [-0.1, -0.05) is 11.6 Å². The Morgan fingerprint density at radius 2 is 2.32 bits per heavy atom. The fraction of sp³-hybridized carbons (Fsp3) is 0.417. The maximum atomic E-state index is 11.9. The second-order valence-electron chi connectivity index (χ2n) is 4.06. The molecule has 0 radical (unpaired) electrons. The molecule has 0 saturated carbocycles. The van der Waals surface area contributed by atoms with Crippen LogP contribution in [0.5, 0.6) is 0 Å². The minimum atomic E-state index is -0.0992. The standard InChI is InChI=1S/C12H16ClN5O/c1-2-18-11(4-6-15-18)12(19)14-5-3-7-17-9-10(13)8-16-17/h4,6,8-9H,2-3,5,7H2,1H3,(H,14,19). The Hall–Kier alpha value is -1.82.